The SMILES string of the molecule is Cn1cc(Br)cc1C(=O)NNC(=O)C1(c2ccccc2)CC1. The fourth-order valence-electron chi connectivity index (χ4n) is 2.58. The van der Waals surface area contributed by atoms with Crippen LogP contribution in [0, 0.1) is 0 Å². The summed E-state index contributed by atoms with van der Waals surface area (Å²) in [5.74, 6) is -0.509. The van der Waals surface area contributed by atoms with Crippen LogP contribution in [0.2, 0.25) is 0 Å². The number of nitrogens with one attached hydrogen (secondary N) is 2. The molecule has 1 aliphatic carbocycles. The molecule has 1 aromatic heterocycles. The summed E-state index contributed by atoms with van der Waals surface area (Å²) in [6.45, 7) is 0. The minimum absolute atomic E-state index is 0.166. The van der Waals surface area contributed by atoms with Crippen molar-refractivity contribution >= 4 is 27.7 Å². The molecular weight excluding hydrogens is 346 g/mol. The largest absolute Gasteiger partial charge is 0.345 e. The van der Waals surface area contributed by atoms with Crippen LogP contribution in [0.5, 0.6) is 0 Å². The Morgan fingerprint density at radius 2 is 1.86 bits per heavy atom. The standard InChI is InChI=1S/C16H16BrN3O2/c1-20-10-12(17)9-13(20)14(21)18-19-15(22)16(7-8-16)11-5-3-2-4-6-11/h2-6,9-10H,7-8H2,1H3,(H,18,21)(H,19,22). The van der Waals surface area contributed by atoms with Crippen molar-refractivity contribution in [1.29, 1.82) is 0 Å². The molecule has 0 unspecified atom stereocenters. The van der Waals surface area contributed by atoms with Crippen LogP contribution >= 0.6 is 15.9 Å². The van der Waals surface area contributed by atoms with Crippen LogP contribution in [0.3, 0.4) is 0 Å². The number of aryl methyl sites for hydroxylation is 1. The van der Waals surface area contributed by atoms with Gasteiger partial charge in [0.15, 0.2) is 0 Å². The van der Waals surface area contributed by atoms with Gasteiger partial charge in [0.25, 0.3) is 5.91 Å². The molecular formula is C16H16BrN3O2. The van der Waals surface area contributed by atoms with Crippen molar-refractivity contribution in [3.05, 3.63) is 58.3 Å². The van der Waals surface area contributed by atoms with Gasteiger partial charge in [0.2, 0.25) is 5.91 Å². The second-order valence-electron chi connectivity index (χ2n) is 5.51. The van der Waals surface area contributed by atoms with Crippen LogP contribution < -0.4 is 10.9 Å². The molecule has 1 heterocycles. The number of benzene rings is 1. The first-order chi connectivity index (χ1) is 10.5. The number of carbonyl (C=O) groups excluding carboxylic acids is 2. The molecule has 0 bridgehead atoms. The number of aromatic nitrogens is 1. The predicted octanol–water partition coefficient (Wildman–Crippen LogP) is 2.28. The third kappa shape index (κ3) is 2.66. The van der Waals surface area contributed by atoms with E-state index in [-0.39, 0.29) is 11.8 Å². The maximum atomic E-state index is 12.4. The van der Waals surface area contributed by atoms with Gasteiger partial charge in [-0.15, -0.1) is 0 Å². The maximum absolute atomic E-state index is 12.4. The van der Waals surface area contributed by atoms with Crippen LogP contribution in [-0.4, -0.2) is 16.4 Å². The van der Waals surface area contributed by atoms with E-state index in [4.69, 9.17) is 0 Å². The van der Waals surface area contributed by atoms with E-state index < -0.39 is 5.41 Å². The summed E-state index contributed by atoms with van der Waals surface area (Å²) in [5.41, 5.74) is 6.00. The smallest absolute Gasteiger partial charge is 0.286 e. The molecule has 0 radical (unpaired) electrons. The Kier molecular flexibility index (Phi) is 3.78. The second-order valence-corrected chi connectivity index (χ2v) is 6.43. The van der Waals surface area contributed by atoms with Crippen LogP contribution in [0.15, 0.2) is 47.1 Å². The second kappa shape index (κ2) is 5.61. The molecule has 3 rings (SSSR count). The summed E-state index contributed by atoms with van der Waals surface area (Å²) < 4.78 is 2.50. The molecule has 2 aromatic rings. The van der Waals surface area contributed by atoms with Crippen molar-refractivity contribution in [2.24, 2.45) is 7.05 Å². The van der Waals surface area contributed by atoms with E-state index in [2.05, 4.69) is 26.8 Å². The fourth-order valence-corrected chi connectivity index (χ4v) is 3.10. The van der Waals surface area contributed by atoms with E-state index in [1.807, 2.05) is 30.3 Å². The van der Waals surface area contributed by atoms with Gasteiger partial charge in [0.1, 0.15) is 5.69 Å². The highest BCUT2D eigenvalue weighted by Gasteiger charge is 2.51. The fraction of sp³-hybridized carbons (Fsp3) is 0.250. The van der Waals surface area contributed by atoms with Crippen molar-refractivity contribution in [2.75, 3.05) is 0 Å². The van der Waals surface area contributed by atoms with E-state index in [1.54, 1.807) is 23.9 Å². The van der Waals surface area contributed by atoms with Gasteiger partial charge in [-0.1, -0.05) is 30.3 Å². The van der Waals surface area contributed by atoms with Crippen molar-refractivity contribution < 1.29 is 9.59 Å². The normalized spacial score (nSPS) is 15.2. The van der Waals surface area contributed by atoms with Crippen molar-refractivity contribution in [2.45, 2.75) is 18.3 Å². The summed E-state index contributed by atoms with van der Waals surface area (Å²) in [6.07, 6.45) is 3.38. The Morgan fingerprint density at radius 3 is 2.41 bits per heavy atom. The molecule has 0 spiro atoms. The zero-order valence-corrected chi connectivity index (χ0v) is 13.7. The van der Waals surface area contributed by atoms with E-state index in [9.17, 15) is 9.59 Å². The minimum Gasteiger partial charge on any atom is -0.345 e. The van der Waals surface area contributed by atoms with Gasteiger partial charge in [-0.05, 0) is 40.4 Å². The summed E-state index contributed by atoms with van der Waals surface area (Å²) in [5, 5.41) is 0. The summed E-state index contributed by atoms with van der Waals surface area (Å²) in [4.78, 5) is 24.5. The van der Waals surface area contributed by atoms with Crippen LogP contribution in [0.25, 0.3) is 0 Å². The van der Waals surface area contributed by atoms with E-state index in [0.717, 1.165) is 22.9 Å². The molecule has 0 saturated heterocycles. The molecule has 2 amide bonds. The number of hydrazine groups is 1. The highest BCUT2D eigenvalue weighted by Crippen LogP contribution is 2.48. The quantitative estimate of drug-likeness (QED) is 0.823. The van der Waals surface area contributed by atoms with Gasteiger partial charge >= 0.3 is 0 Å². The zero-order valence-electron chi connectivity index (χ0n) is 12.1. The van der Waals surface area contributed by atoms with Gasteiger partial charge in [0, 0.05) is 17.7 Å². The Bertz CT molecular complexity index is 720. The Balaban J connectivity index is 1.66. The lowest BCUT2D eigenvalue weighted by Crippen LogP contribution is -2.46. The average Bonchev–Trinajstić information content (AvgIpc) is 3.26. The molecule has 6 heteroatoms. The average molecular weight is 362 g/mol. The number of nitrogens with zero attached hydrogens (tertiary/aromatic N) is 1. The molecule has 0 atom stereocenters. The third-order valence-electron chi connectivity index (χ3n) is 4.00. The zero-order chi connectivity index (χ0) is 15.7. The van der Waals surface area contributed by atoms with E-state index in [1.165, 1.54) is 0 Å². The molecule has 2 N–H and O–H groups in total. The molecule has 1 aromatic carbocycles. The van der Waals surface area contributed by atoms with Gasteiger partial charge in [-0.3, -0.25) is 20.4 Å². The van der Waals surface area contributed by atoms with Crippen molar-refractivity contribution in [3.63, 3.8) is 0 Å². The lowest BCUT2D eigenvalue weighted by Gasteiger charge is -2.16. The molecule has 0 aliphatic heterocycles. The van der Waals surface area contributed by atoms with Crippen LogP contribution in [0.4, 0.5) is 0 Å². The first kappa shape index (κ1) is 14.8. The van der Waals surface area contributed by atoms with Crippen LogP contribution in [0.1, 0.15) is 28.9 Å². The number of carbonyl (C=O) groups is 2. The predicted molar refractivity (Wildman–Crippen MR) is 86.1 cm³/mol. The van der Waals surface area contributed by atoms with Gasteiger partial charge in [0.05, 0.1) is 5.41 Å². The molecule has 114 valence electrons. The van der Waals surface area contributed by atoms with Crippen LogP contribution in [-0.2, 0) is 17.3 Å². The molecule has 1 fully saturated rings. The van der Waals surface area contributed by atoms with Gasteiger partial charge < -0.3 is 4.57 Å². The molecule has 22 heavy (non-hydrogen) atoms. The first-order valence-corrected chi connectivity index (χ1v) is 7.80. The highest BCUT2D eigenvalue weighted by atomic mass is 79.9. The monoisotopic (exact) mass is 361 g/mol. The first-order valence-electron chi connectivity index (χ1n) is 7.01. The number of amides is 2. The summed E-state index contributed by atoms with van der Waals surface area (Å²) >= 11 is 3.32. The van der Waals surface area contributed by atoms with Crippen molar-refractivity contribution in [1.82, 2.24) is 15.4 Å². The molecule has 1 saturated carbocycles. The number of rotatable bonds is 3. The Labute approximate surface area is 136 Å². The van der Waals surface area contributed by atoms with Gasteiger partial charge in [-0.2, -0.15) is 0 Å². The van der Waals surface area contributed by atoms with Gasteiger partial charge in [-0.25, -0.2) is 0 Å². The molecule has 5 nitrogen and oxygen atoms in total. The number of halogens is 1. The summed E-state index contributed by atoms with van der Waals surface area (Å²) in [7, 11) is 1.77. The third-order valence-corrected chi connectivity index (χ3v) is 4.44. The number of hydrogen-bond donors (Lipinski definition) is 2. The Hall–Kier alpha value is -2.08. The molecule has 1 aliphatic rings. The summed E-state index contributed by atoms with van der Waals surface area (Å²) in [6, 6.07) is 11.4. The minimum atomic E-state index is -0.497. The Morgan fingerprint density at radius 1 is 1.18 bits per heavy atom. The number of hydrogen-bond acceptors (Lipinski definition) is 2. The lowest BCUT2D eigenvalue weighted by atomic mass is 9.95. The lowest BCUT2D eigenvalue weighted by molar-refractivity contribution is -0.124. The van der Waals surface area contributed by atoms with E-state index >= 15 is 0 Å². The maximum Gasteiger partial charge on any atom is 0.286 e. The topological polar surface area (TPSA) is 63.1 Å². The highest BCUT2D eigenvalue weighted by molar-refractivity contribution is 9.10. The van der Waals surface area contributed by atoms with Crippen molar-refractivity contribution in [3.8, 4) is 0 Å². The van der Waals surface area contributed by atoms with E-state index in [0.29, 0.717) is 5.69 Å².